The van der Waals surface area contributed by atoms with E-state index in [9.17, 15) is 18.0 Å². The van der Waals surface area contributed by atoms with Crippen molar-refractivity contribution in [2.24, 2.45) is 0 Å². The Labute approximate surface area is 174 Å². The Morgan fingerprint density at radius 2 is 1.90 bits per heavy atom. The first-order valence-electron chi connectivity index (χ1n) is 9.38. The first-order chi connectivity index (χ1) is 14.1. The monoisotopic (exact) mass is 432 g/mol. The fraction of sp³-hybridized carbons (Fsp3) is 0.333. The third kappa shape index (κ3) is 4.40. The van der Waals surface area contributed by atoms with Gasteiger partial charge in [-0.3, -0.25) is 9.36 Å². The summed E-state index contributed by atoms with van der Waals surface area (Å²) in [5.41, 5.74) is 1.55. The number of aromatic nitrogens is 2. The van der Waals surface area contributed by atoms with Crippen LogP contribution in [0.4, 0.5) is 0 Å². The molecule has 1 heterocycles. The van der Waals surface area contributed by atoms with Crippen molar-refractivity contribution in [2.75, 3.05) is 25.7 Å². The van der Waals surface area contributed by atoms with Gasteiger partial charge in [-0.15, -0.1) is 0 Å². The van der Waals surface area contributed by atoms with Gasteiger partial charge < -0.3 is 14.5 Å². The molecule has 0 aliphatic carbocycles. The number of Topliss-reactive ketones (excluding diaryl/α,β-unsaturated/α-hetero) is 1. The summed E-state index contributed by atoms with van der Waals surface area (Å²) in [4.78, 5) is 27.2. The maximum absolute atomic E-state index is 12.8. The number of ketones is 1. The van der Waals surface area contributed by atoms with E-state index < -0.39 is 21.6 Å². The van der Waals surface area contributed by atoms with Crippen LogP contribution in [0, 0.1) is 0 Å². The number of nitrogens with zero attached hydrogens (tertiary/aromatic N) is 1. The van der Waals surface area contributed by atoms with Crippen LogP contribution in [0.5, 0.6) is 11.5 Å². The molecule has 0 radical (unpaired) electrons. The molecular weight excluding hydrogens is 408 g/mol. The van der Waals surface area contributed by atoms with Gasteiger partial charge in [0, 0.05) is 11.8 Å². The van der Waals surface area contributed by atoms with Crippen molar-refractivity contribution < 1.29 is 22.7 Å². The quantitative estimate of drug-likeness (QED) is 0.548. The maximum atomic E-state index is 12.8. The van der Waals surface area contributed by atoms with Crippen LogP contribution in [0.3, 0.4) is 0 Å². The van der Waals surface area contributed by atoms with Crippen LogP contribution in [0.15, 0.2) is 41.2 Å². The molecule has 9 heteroatoms. The summed E-state index contributed by atoms with van der Waals surface area (Å²) in [6.45, 7) is 3.67. The molecule has 0 saturated carbocycles. The van der Waals surface area contributed by atoms with E-state index in [0.717, 1.165) is 6.26 Å². The van der Waals surface area contributed by atoms with Crippen molar-refractivity contribution in [3.63, 3.8) is 0 Å². The number of hydrogen-bond donors (Lipinski definition) is 1. The lowest BCUT2D eigenvalue weighted by molar-refractivity contribution is 0.101. The minimum atomic E-state index is -3.45. The lowest BCUT2D eigenvalue weighted by Gasteiger charge is -2.20. The Kier molecular flexibility index (Phi) is 6.02. The third-order valence-corrected chi connectivity index (χ3v) is 5.69. The molecular formula is C21H24N2O6S. The molecule has 1 atom stereocenters. The summed E-state index contributed by atoms with van der Waals surface area (Å²) in [6, 6.07) is 9.14. The fourth-order valence-corrected chi connectivity index (χ4v) is 4.35. The smallest absolute Gasteiger partial charge is 0.327 e. The molecule has 0 bridgehead atoms. The predicted octanol–water partition coefficient (Wildman–Crippen LogP) is 2.57. The highest BCUT2D eigenvalue weighted by Crippen LogP contribution is 2.33. The van der Waals surface area contributed by atoms with Gasteiger partial charge >= 0.3 is 5.69 Å². The summed E-state index contributed by atoms with van der Waals surface area (Å²) in [5.74, 6) is 0.556. The Morgan fingerprint density at radius 1 is 1.17 bits per heavy atom. The fourth-order valence-electron chi connectivity index (χ4n) is 3.43. The number of benzene rings is 2. The molecule has 0 spiro atoms. The zero-order chi connectivity index (χ0) is 22.1. The Bertz CT molecular complexity index is 1260. The van der Waals surface area contributed by atoms with Crippen molar-refractivity contribution in [2.45, 2.75) is 19.9 Å². The minimum Gasteiger partial charge on any atom is -0.493 e. The van der Waals surface area contributed by atoms with Crippen LogP contribution in [-0.2, 0) is 9.84 Å². The average molecular weight is 432 g/mol. The van der Waals surface area contributed by atoms with Crippen molar-refractivity contribution in [1.82, 2.24) is 9.55 Å². The van der Waals surface area contributed by atoms with Gasteiger partial charge in [0.05, 0.1) is 36.5 Å². The van der Waals surface area contributed by atoms with Gasteiger partial charge in [-0.05, 0) is 49.7 Å². The summed E-state index contributed by atoms with van der Waals surface area (Å²) in [6.07, 6.45) is 1.13. The number of imidazole rings is 1. The molecule has 1 N–H and O–H groups in total. The molecule has 8 nitrogen and oxygen atoms in total. The van der Waals surface area contributed by atoms with Crippen molar-refractivity contribution in [1.29, 1.82) is 0 Å². The molecule has 2 aromatic carbocycles. The number of hydrogen-bond acceptors (Lipinski definition) is 6. The van der Waals surface area contributed by atoms with Crippen molar-refractivity contribution in [3.8, 4) is 11.5 Å². The lowest BCUT2D eigenvalue weighted by Crippen LogP contribution is -2.28. The van der Waals surface area contributed by atoms with E-state index in [1.54, 1.807) is 36.4 Å². The molecule has 160 valence electrons. The van der Waals surface area contributed by atoms with E-state index in [1.807, 2.05) is 6.92 Å². The van der Waals surface area contributed by atoms with Crippen LogP contribution in [-0.4, -0.2) is 49.5 Å². The van der Waals surface area contributed by atoms with E-state index in [1.165, 1.54) is 18.6 Å². The second kappa shape index (κ2) is 8.35. The molecule has 0 fully saturated rings. The first kappa shape index (κ1) is 21.6. The summed E-state index contributed by atoms with van der Waals surface area (Å²) < 4.78 is 36.7. The van der Waals surface area contributed by atoms with Gasteiger partial charge in [0.25, 0.3) is 0 Å². The highest BCUT2D eigenvalue weighted by Gasteiger charge is 2.25. The largest absolute Gasteiger partial charge is 0.493 e. The average Bonchev–Trinajstić information content (AvgIpc) is 3.00. The van der Waals surface area contributed by atoms with E-state index in [0.29, 0.717) is 40.3 Å². The standard InChI is InChI=1S/C21H24N2O6S/c1-5-29-20-11-15(7-9-19(20)28-3)18(12-30(4,26)27)23-17-8-6-14(13(2)24)10-16(17)22-21(23)25/h6-11,18H,5,12H2,1-4H3,(H,22,25)/t18-/m1/s1. The topological polar surface area (TPSA) is 107 Å². The number of fused-ring (bicyclic) bond motifs is 1. The predicted molar refractivity (Wildman–Crippen MR) is 115 cm³/mol. The SMILES string of the molecule is CCOc1cc([C@@H](CS(C)(=O)=O)n2c(=O)[nH]c3cc(C(C)=O)ccc32)ccc1OC. The number of ether oxygens (including phenoxy) is 2. The maximum Gasteiger partial charge on any atom is 0.327 e. The Hall–Kier alpha value is -3.07. The zero-order valence-electron chi connectivity index (χ0n) is 17.3. The van der Waals surface area contributed by atoms with Crippen molar-refractivity contribution >= 4 is 26.7 Å². The zero-order valence-corrected chi connectivity index (χ0v) is 18.1. The minimum absolute atomic E-state index is 0.130. The van der Waals surface area contributed by atoms with Crippen LogP contribution in [0.1, 0.15) is 35.8 Å². The van der Waals surface area contributed by atoms with E-state index >= 15 is 0 Å². The third-order valence-electron chi connectivity index (χ3n) is 4.77. The van der Waals surface area contributed by atoms with Gasteiger partial charge in [-0.25, -0.2) is 13.2 Å². The molecule has 30 heavy (non-hydrogen) atoms. The highest BCUT2D eigenvalue weighted by molar-refractivity contribution is 7.90. The Morgan fingerprint density at radius 3 is 2.50 bits per heavy atom. The van der Waals surface area contributed by atoms with Gasteiger partial charge in [-0.2, -0.15) is 0 Å². The number of aromatic amines is 1. The van der Waals surface area contributed by atoms with Crippen LogP contribution in [0.25, 0.3) is 11.0 Å². The van der Waals surface area contributed by atoms with Crippen LogP contribution in [0.2, 0.25) is 0 Å². The van der Waals surface area contributed by atoms with E-state index in [4.69, 9.17) is 9.47 Å². The second-order valence-electron chi connectivity index (χ2n) is 7.04. The molecule has 0 amide bonds. The number of sulfone groups is 1. The lowest BCUT2D eigenvalue weighted by atomic mass is 10.1. The number of carbonyl (C=O) groups excluding carboxylic acids is 1. The Balaban J connectivity index is 2.23. The number of nitrogens with one attached hydrogen (secondary N) is 1. The number of H-pyrrole nitrogens is 1. The normalized spacial score (nSPS) is 12.7. The van der Waals surface area contributed by atoms with Gasteiger partial charge in [0.1, 0.15) is 9.84 Å². The number of carbonyl (C=O) groups is 1. The molecule has 3 aromatic rings. The first-order valence-corrected chi connectivity index (χ1v) is 11.4. The summed E-state index contributed by atoms with van der Waals surface area (Å²) in [5, 5.41) is 0. The van der Waals surface area contributed by atoms with Gasteiger partial charge in [-0.1, -0.05) is 6.07 Å². The van der Waals surface area contributed by atoms with Crippen LogP contribution >= 0.6 is 0 Å². The molecule has 1 aromatic heterocycles. The second-order valence-corrected chi connectivity index (χ2v) is 9.22. The van der Waals surface area contributed by atoms with Crippen LogP contribution < -0.4 is 15.2 Å². The van der Waals surface area contributed by atoms with Crippen molar-refractivity contribution in [3.05, 3.63) is 58.0 Å². The molecule has 0 aliphatic rings. The molecule has 0 aliphatic heterocycles. The number of rotatable bonds is 8. The summed E-state index contributed by atoms with van der Waals surface area (Å²) in [7, 11) is -1.93. The molecule has 0 unspecified atom stereocenters. The van der Waals surface area contributed by atoms with E-state index in [-0.39, 0.29) is 11.5 Å². The van der Waals surface area contributed by atoms with Gasteiger partial charge in [0.2, 0.25) is 0 Å². The summed E-state index contributed by atoms with van der Waals surface area (Å²) >= 11 is 0. The van der Waals surface area contributed by atoms with E-state index in [2.05, 4.69) is 4.98 Å². The molecule has 3 rings (SSSR count). The number of methoxy groups -OCH3 is 1. The highest BCUT2D eigenvalue weighted by atomic mass is 32.2. The van der Waals surface area contributed by atoms with Gasteiger partial charge in [0.15, 0.2) is 17.3 Å². The molecule has 0 saturated heterocycles.